The highest BCUT2D eigenvalue weighted by Crippen LogP contribution is 2.19. The van der Waals surface area contributed by atoms with Gasteiger partial charge in [-0.05, 0) is 0 Å². The minimum atomic E-state index is -4.07. The van der Waals surface area contributed by atoms with E-state index in [9.17, 15) is 13.2 Å². The number of carbonyl (C=O) groups is 1. The Kier molecular flexibility index (Phi) is 2.13. The van der Waals surface area contributed by atoms with E-state index in [0.717, 1.165) is 0 Å². The molecule has 2 saturated heterocycles. The molecule has 0 aliphatic carbocycles. The van der Waals surface area contributed by atoms with Crippen LogP contribution < -0.4 is 10.6 Å². The van der Waals surface area contributed by atoms with Crippen molar-refractivity contribution in [3.63, 3.8) is 0 Å². The number of rotatable bonds is 2. The van der Waals surface area contributed by atoms with E-state index in [2.05, 4.69) is 10.6 Å². The normalized spacial score (nSPS) is 36.4. The van der Waals surface area contributed by atoms with Gasteiger partial charge in [-0.3, -0.25) is 4.55 Å². The maximum atomic E-state index is 10.9. The predicted octanol–water partition coefficient (Wildman–Crippen LogP) is -1.68. The second-order valence-corrected chi connectivity index (χ2v) is 4.87. The van der Waals surface area contributed by atoms with Crippen molar-refractivity contribution in [3.8, 4) is 0 Å². The molecule has 0 bridgehead atoms. The van der Waals surface area contributed by atoms with Gasteiger partial charge in [0.1, 0.15) is 5.75 Å². The number of nitrogens with one attached hydrogen (secondary N) is 2. The Labute approximate surface area is 80.6 Å². The van der Waals surface area contributed by atoms with Gasteiger partial charge in [0.15, 0.2) is 0 Å². The van der Waals surface area contributed by atoms with Gasteiger partial charge in [-0.1, -0.05) is 0 Å². The van der Waals surface area contributed by atoms with Crippen molar-refractivity contribution in [2.24, 2.45) is 0 Å². The molecular weight excluding hydrogens is 212 g/mol. The topological polar surface area (TPSA) is 105 Å². The zero-order chi connectivity index (χ0) is 10.3. The van der Waals surface area contributed by atoms with E-state index in [4.69, 9.17) is 9.29 Å². The van der Waals surface area contributed by atoms with E-state index in [0.29, 0.717) is 0 Å². The molecule has 2 heterocycles. The van der Waals surface area contributed by atoms with E-state index < -0.39 is 22.0 Å². The summed E-state index contributed by atoms with van der Waals surface area (Å²) in [5.41, 5.74) is 0. The quantitative estimate of drug-likeness (QED) is 0.484. The van der Waals surface area contributed by atoms with Gasteiger partial charge in [-0.25, -0.2) is 4.79 Å². The lowest BCUT2D eigenvalue weighted by Gasteiger charge is -2.14. The number of urea groups is 1. The molecule has 2 rings (SSSR count). The van der Waals surface area contributed by atoms with Crippen LogP contribution in [0.3, 0.4) is 0 Å². The molecule has 2 aliphatic rings. The Morgan fingerprint density at radius 1 is 1.50 bits per heavy atom. The molecule has 0 aromatic rings. The summed E-state index contributed by atoms with van der Waals surface area (Å²) in [4.78, 5) is 10.9. The molecule has 8 heteroatoms. The van der Waals surface area contributed by atoms with Gasteiger partial charge in [0.2, 0.25) is 0 Å². The van der Waals surface area contributed by atoms with Crippen LogP contribution in [0, 0.1) is 0 Å². The van der Waals surface area contributed by atoms with Crippen molar-refractivity contribution < 1.29 is 22.5 Å². The molecule has 7 nitrogen and oxygen atoms in total. The van der Waals surface area contributed by atoms with Crippen LogP contribution in [0.4, 0.5) is 4.79 Å². The summed E-state index contributed by atoms with van der Waals surface area (Å²) < 4.78 is 35.0. The van der Waals surface area contributed by atoms with Gasteiger partial charge in [-0.15, -0.1) is 0 Å². The van der Waals surface area contributed by atoms with E-state index >= 15 is 0 Å². The molecule has 80 valence electrons. The lowest BCUT2D eigenvalue weighted by molar-refractivity contribution is 0.111. The fourth-order valence-corrected chi connectivity index (χ4v) is 2.46. The van der Waals surface area contributed by atoms with Crippen LogP contribution in [-0.2, 0) is 14.9 Å². The molecule has 3 unspecified atom stereocenters. The molecule has 2 amide bonds. The number of hydrogen-bond acceptors (Lipinski definition) is 4. The summed E-state index contributed by atoms with van der Waals surface area (Å²) in [5.74, 6) is -0.490. The summed E-state index contributed by atoms with van der Waals surface area (Å²) in [5, 5.41) is 5.12. The van der Waals surface area contributed by atoms with Crippen molar-refractivity contribution in [1.29, 1.82) is 0 Å². The maximum Gasteiger partial charge on any atom is 0.315 e. The lowest BCUT2D eigenvalue weighted by atomic mass is 10.1. The molecule has 0 aromatic heterocycles. The van der Waals surface area contributed by atoms with E-state index in [-0.39, 0.29) is 24.7 Å². The molecule has 3 atom stereocenters. The van der Waals surface area contributed by atoms with E-state index in [1.165, 1.54) is 0 Å². The fraction of sp³-hybridized carbons (Fsp3) is 0.833. The first-order valence-corrected chi connectivity index (χ1v) is 5.70. The standard InChI is InChI=1S/C6H10N2O5S/c9-6-7-3-1-13-4(5(3)8-6)2-14(10,11)12/h3-5H,1-2H2,(H2,7,8,9)(H,10,11,12). The number of hydrogen-bond donors (Lipinski definition) is 3. The first-order chi connectivity index (χ1) is 6.46. The molecule has 3 N–H and O–H groups in total. The molecule has 0 aromatic carbocycles. The maximum absolute atomic E-state index is 10.9. The highest BCUT2D eigenvalue weighted by Gasteiger charge is 2.44. The Hall–Kier alpha value is -0.860. The highest BCUT2D eigenvalue weighted by molar-refractivity contribution is 7.85. The van der Waals surface area contributed by atoms with Gasteiger partial charge < -0.3 is 15.4 Å². The summed E-state index contributed by atoms with van der Waals surface area (Å²) in [6.45, 7) is 0.267. The third-order valence-corrected chi connectivity index (χ3v) is 3.06. The molecular formula is C6H10N2O5S. The van der Waals surface area contributed by atoms with Crippen LogP contribution in [0.5, 0.6) is 0 Å². The third kappa shape index (κ3) is 1.81. The molecule has 0 radical (unpaired) electrons. The number of fused-ring (bicyclic) bond motifs is 1. The summed E-state index contributed by atoms with van der Waals surface area (Å²) in [6, 6.07) is -0.901. The zero-order valence-corrected chi connectivity index (χ0v) is 7.95. The van der Waals surface area contributed by atoms with Crippen LogP contribution in [0.25, 0.3) is 0 Å². The van der Waals surface area contributed by atoms with Crippen LogP contribution in [-0.4, -0.2) is 49.5 Å². The zero-order valence-electron chi connectivity index (χ0n) is 7.13. The van der Waals surface area contributed by atoms with Crippen molar-refractivity contribution in [2.45, 2.75) is 18.2 Å². The average Bonchev–Trinajstić information content (AvgIpc) is 2.49. The Bertz CT molecular complexity index is 353. The van der Waals surface area contributed by atoms with Crippen LogP contribution in [0.1, 0.15) is 0 Å². The first kappa shape index (κ1) is 9.69. The fourth-order valence-electron chi connectivity index (χ4n) is 1.74. The van der Waals surface area contributed by atoms with Crippen molar-refractivity contribution in [2.75, 3.05) is 12.4 Å². The first-order valence-electron chi connectivity index (χ1n) is 4.09. The molecule has 2 aliphatic heterocycles. The smallest absolute Gasteiger partial charge is 0.315 e. The van der Waals surface area contributed by atoms with Gasteiger partial charge in [0, 0.05) is 0 Å². The second-order valence-electron chi connectivity index (χ2n) is 3.37. The summed E-state index contributed by atoms with van der Waals surface area (Å²) in [6.07, 6.45) is -0.672. The van der Waals surface area contributed by atoms with Gasteiger partial charge in [-0.2, -0.15) is 8.42 Å². The lowest BCUT2D eigenvalue weighted by Crippen LogP contribution is -2.41. The van der Waals surface area contributed by atoms with Gasteiger partial charge >= 0.3 is 6.03 Å². The average molecular weight is 222 g/mol. The number of ether oxygens (including phenoxy) is 1. The predicted molar refractivity (Wildman–Crippen MR) is 45.4 cm³/mol. The summed E-state index contributed by atoms with van der Waals surface area (Å²) in [7, 11) is -4.07. The van der Waals surface area contributed by atoms with E-state index in [1.807, 2.05) is 0 Å². The highest BCUT2D eigenvalue weighted by atomic mass is 32.2. The minimum Gasteiger partial charge on any atom is -0.373 e. The minimum absolute atomic E-state index is 0.200. The van der Waals surface area contributed by atoms with Crippen LogP contribution in [0.2, 0.25) is 0 Å². The summed E-state index contributed by atoms with van der Waals surface area (Å²) >= 11 is 0. The Morgan fingerprint density at radius 2 is 2.21 bits per heavy atom. The molecule has 0 saturated carbocycles. The molecule has 2 fully saturated rings. The van der Waals surface area contributed by atoms with Gasteiger partial charge in [0.25, 0.3) is 10.1 Å². The number of amides is 2. The monoisotopic (exact) mass is 222 g/mol. The molecule has 0 spiro atoms. The van der Waals surface area contributed by atoms with Crippen LogP contribution >= 0.6 is 0 Å². The second kappa shape index (κ2) is 3.07. The number of carbonyl (C=O) groups excluding carboxylic acids is 1. The molecule has 14 heavy (non-hydrogen) atoms. The third-order valence-electron chi connectivity index (χ3n) is 2.31. The van der Waals surface area contributed by atoms with Crippen molar-refractivity contribution in [3.05, 3.63) is 0 Å². The van der Waals surface area contributed by atoms with Crippen molar-refractivity contribution in [1.82, 2.24) is 10.6 Å². The Morgan fingerprint density at radius 3 is 2.86 bits per heavy atom. The largest absolute Gasteiger partial charge is 0.373 e. The SMILES string of the molecule is O=C1NC2COC(CS(=O)(=O)O)C2N1. The van der Waals surface area contributed by atoms with Gasteiger partial charge in [0.05, 0.1) is 24.8 Å². The van der Waals surface area contributed by atoms with Crippen molar-refractivity contribution >= 4 is 16.1 Å². The van der Waals surface area contributed by atoms with E-state index in [1.54, 1.807) is 0 Å². The Balaban J connectivity index is 2.06. The van der Waals surface area contributed by atoms with Crippen LogP contribution in [0.15, 0.2) is 0 Å².